The van der Waals surface area contributed by atoms with Gasteiger partial charge in [-0.25, -0.2) is 0 Å². The maximum atomic E-state index is 6.01. The van der Waals surface area contributed by atoms with Crippen LogP contribution in [0.15, 0.2) is 48.5 Å². The fraction of sp³-hybridized carbons (Fsp3) is 0.455. The number of rotatable bonds is 8. The van der Waals surface area contributed by atoms with E-state index in [1.165, 1.54) is 11.3 Å². The van der Waals surface area contributed by atoms with Crippen molar-refractivity contribution in [1.29, 1.82) is 0 Å². The third kappa shape index (κ3) is 5.42. The lowest BCUT2D eigenvalue weighted by molar-refractivity contribution is 0.323. The molecule has 0 fully saturated rings. The Morgan fingerprint density at radius 1 is 0.920 bits per heavy atom. The predicted octanol–water partition coefficient (Wildman–Crippen LogP) is 5.32. The zero-order valence-electron chi connectivity index (χ0n) is 16.3. The fourth-order valence-corrected chi connectivity index (χ4v) is 2.95. The van der Waals surface area contributed by atoms with Crippen molar-refractivity contribution in [1.82, 2.24) is 0 Å². The van der Waals surface area contributed by atoms with Crippen LogP contribution in [0.1, 0.15) is 40.2 Å². The molecular weight excluding hydrogens is 308 g/mol. The molecule has 2 aromatic rings. The van der Waals surface area contributed by atoms with Crippen LogP contribution in [0.5, 0.6) is 5.75 Å². The zero-order chi connectivity index (χ0) is 18.3. The lowest BCUT2D eigenvalue weighted by Crippen LogP contribution is -2.21. The first-order chi connectivity index (χ1) is 12.0. The SMILES string of the molecule is CCN(CC)c1ccc(NCCOc2ccccc2C(C)(C)C)cc1. The van der Waals surface area contributed by atoms with Gasteiger partial charge >= 0.3 is 0 Å². The lowest BCUT2D eigenvalue weighted by atomic mass is 9.86. The van der Waals surface area contributed by atoms with E-state index >= 15 is 0 Å². The molecule has 136 valence electrons. The van der Waals surface area contributed by atoms with Crippen molar-refractivity contribution in [2.45, 2.75) is 40.0 Å². The van der Waals surface area contributed by atoms with E-state index in [0.29, 0.717) is 6.61 Å². The second-order valence-corrected chi connectivity index (χ2v) is 7.24. The monoisotopic (exact) mass is 340 g/mol. The summed E-state index contributed by atoms with van der Waals surface area (Å²) in [6.07, 6.45) is 0. The summed E-state index contributed by atoms with van der Waals surface area (Å²) in [4.78, 5) is 2.34. The van der Waals surface area contributed by atoms with Crippen LogP contribution < -0.4 is 15.0 Å². The van der Waals surface area contributed by atoms with Gasteiger partial charge in [-0.1, -0.05) is 39.0 Å². The van der Waals surface area contributed by atoms with Gasteiger partial charge in [-0.3, -0.25) is 0 Å². The van der Waals surface area contributed by atoms with Gasteiger partial charge in [0.05, 0.1) is 0 Å². The molecule has 0 bridgehead atoms. The van der Waals surface area contributed by atoms with E-state index in [2.05, 4.69) is 87.3 Å². The third-order valence-electron chi connectivity index (χ3n) is 4.38. The predicted molar refractivity (Wildman–Crippen MR) is 109 cm³/mol. The molecule has 0 radical (unpaired) electrons. The largest absolute Gasteiger partial charge is 0.491 e. The van der Waals surface area contributed by atoms with Gasteiger partial charge in [-0.05, 0) is 55.2 Å². The lowest BCUT2D eigenvalue weighted by Gasteiger charge is -2.23. The number of nitrogens with zero attached hydrogens (tertiary/aromatic N) is 1. The normalized spacial score (nSPS) is 11.2. The molecule has 0 heterocycles. The number of ether oxygens (including phenoxy) is 1. The first kappa shape index (κ1) is 19.2. The topological polar surface area (TPSA) is 24.5 Å². The minimum Gasteiger partial charge on any atom is -0.491 e. The summed E-state index contributed by atoms with van der Waals surface area (Å²) in [5.41, 5.74) is 3.73. The van der Waals surface area contributed by atoms with E-state index in [4.69, 9.17) is 4.74 Å². The number of para-hydroxylation sites is 1. The van der Waals surface area contributed by atoms with E-state index in [1.54, 1.807) is 0 Å². The molecule has 0 saturated heterocycles. The van der Waals surface area contributed by atoms with Crippen molar-refractivity contribution >= 4 is 11.4 Å². The highest BCUT2D eigenvalue weighted by molar-refractivity contribution is 5.55. The van der Waals surface area contributed by atoms with Crippen molar-refractivity contribution in [3.8, 4) is 5.75 Å². The summed E-state index contributed by atoms with van der Waals surface area (Å²) in [6, 6.07) is 16.9. The Hall–Kier alpha value is -2.16. The Balaban J connectivity index is 1.86. The van der Waals surface area contributed by atoms with E-state index in [0.717, 1.165) is 31.1 Å². The van der Waals surface area contributed by atoms with Crippen molar-refractivity contribution in [2.24, 2.45) is 0 Å². The molecule has 0 aromatic heterocycles. The van der Waals surface area contributed by atoms with Crippen LogP contribution in [-0.2, 0) is 5.41 Å². The molecule has 0 unspecified atom stereocenters. The minimum atomic E-state index is 0.0876. The molecule has 0 aliphatic heterocycles. The standard InChI is InChI=1S/C22H32N2O/c1-6-24(7-2)19-14-12-18(13-15-19)23-16-17-25-21-11-9-8-10-20(21)22(3,4)5/h8-15,23H,6-7,16-17H2,1-5H3. The summed E-state index contributed by atoms with van der Waals surface area (Å²) in [5.74, 6) is 0.980. The summed E-state index contributed by atoms with van der Waals surface area (Å²) in [6.45, 7) is 14.5. The van der Waals surface area contributed by atoms with Gasteiger partial charge in [0.25, 0.3) is 0 Å². The van der Waals surface area contributed by atoms with Gasteiger partial charge in [0.1, 0.15) is 12.4 Å². The number of benzene rings is 2. The zero-order valence-corrected chi connectivity index (χ0v) is 16.3. The fourth-order valence-electron chi connectivity index (χ4n) is 2.95. The number of nitrogens with one attached hydrogen (secondary N) is 1. The maximum absolute atomic E-state index is 6.01. The van der Waals surface area contributed by atoms with E-state index in [1.807, 2.05) is 6.07 Å². The van der Waals surface area contributed by atoms with Gasteiger partial charge < -0.3 is 15.0 Å². The minimum absolute atomic E-state index is 0.0876. The van der Waals surface area contributed by atoms with Crippen LogP contribution in [0.4, 0.5) is 11.4 Å². The quantitative estimate of drug-likeness (QED) is 0.658. The Bertz CT molecular complexity index is 640. The van der Waals surface area contributed by atoms with Crippen LogP contribution in [0.25, 0.3) is 0 Å². The van der Waals surface area contributed by atoms with Crippen LogP contribution in [-0.4, -0.2) is 26.2 Å². The molecular formula is C22H32N2O. The molecule has 0 aliphatic carbocycles. The van der Waals surface area contributed by atoms with Crippen LogP contribution in [0.3, 0.4) is 0 Å². The molecule has 2 rings (SSSR count). The summed E-state index contributed by atoms with van der Waals surface area (Å²) in [5, 5.41) is 3.43. The van der Waals surface area contributed by atoms with Crippen LogP contribution in [0, 0.1) is 0 Å². The molecule has 3 nitrogen and oxygen atoms in total. The number of anilines is 2. The van der Waals surface area contributed by atoms with Crippen molar-refractivity contribution in [2.75, 3.05) is 36.5 Å². The van der Waals surface area contributed by atoms with Crippen molar-refractivity contribution in [3.63, 3.8) is 0 Å². The van der Waals surface area contributed by atoms with E-state index < -0.39 is 0 Å². The number of hydrogen-bond acceptors (Lipinski definition) is 3. The number of hydrogen-bond donors (Lipinski definition) is 1. The summed E-state index contributed by atoms with van der Waals surface area (Å²) in [7, 11) is 0. The molecule has 0 amide bonds. The molecule has 0 saturated carbocycles. The highest BCUT2D eigenvalue weighted by atomic mass is 16.5. The molecule has 3 heteroatoms. The smallest absolute Gasteiger partial charge is 0.123 e. The van der Waals surface area contributed by atoms with Crippen LogP contribution in [0.2, 0.25) is 0 Å². The van der Waals surface area contributed by atoms with Gasteiger partial charge in [0.15, 0.2) is 0 Å². The molecule has 0 atom stereocenters. The third-order valence-corrected chi connectivity index (χ3v) is 4.38. The average molecular weight is 341 g/mol. The molecule has 25 heavy (non-hydrogen) atoms. The Labute approximate surface area is 153 Å². The first-order valence-corrected chi connectivity index (χ1v) is 9.27. The Morgan fingerprint density at radius 2 is 1.56 bits per heavy atom. The molecule has 1 N–H and O–H groups in total. The highest BCUT2D eigenvalue weighted by Gasteiger charge is 2.18. The van der Waals surface area contributed by atoms with E-state index in [-0.39, 0.29) is 5.41 Å². The molecule has 0 spiro atoms. The van der Waals surface area contributed by atoms with E-state index in [9.17, 15) is 0 Å². The molecule has 0 aliphatic rings. The van der Waals surface area contributed by atoms with Gasteiger partial charge in [-0.2, -0.15) is 0 Å². The van der Waals surface area contributed by atoms with Gasteiger partial charge in [0, 0.05) is 31.0 Å². The second kappa shape index (κ2) is 8.80. The van der Waals surface area contributed by atoms with Crippen molar-refractivity contribution in [3.05, 3.63) is 54.1 Å². The maximum Gasteiger partial charge on any atom is 0.123 e. The van der Waals surface area contributed by atoms with Gasteiger partial charge in [0.2, 0.25) is 0 Å². The second-order valence-electron chi connectivity index (χ2n) is 7.24. The van der Waals surface area contributed by atoms with Crippen molar-refractivity contribution < 1.29 is 4.74 Å². The molecule has 2 aromatic carbocycles. The Morgan fingerprint density at radius 3 is 2.16 bits per heavy atom. The summed E-state index contributed by atoms with van der Waals surface area (Å²) >= 11 is 0. The average Bonchev–Trinajstić information content (AvgIpc) is 2.60. The van der Waals surface area contributed by atoms with Crippen LogP contribution >= 0.6 is 0 Å². The van der Waals surface area contributed by atoms with Gasteiger partial charge in [-0.15, -0.1) is 0 Å². The summed E-state index contributed by atoms with van der Waals surface area (Å²) < 4.78 is 6.01. The Kier molecular flexibility index (Phi) is 6.74. The first-order valence-electron chi connectivity index (χ1n) is 9.27. The highest BCUT2D eigenvalue weighted by Crippen LogP contribution is 2.30.